The Bertz CT molecular complexity index is 593. The van der Waals surface area contributed by atoms with E-state index in [0.717, 1.165) is 31.4 Å². The topological polar surface area (TPSA) is 26.3 Å². The first kappa shape index (κ1) is 17.8. The maximum absolute atomic E-state index is 13.8. The Morgan fingerprint density at radius 1 is 1.30 bits per heavy atom. The van der Waals surface area contributed by atoms with Crippen molar-refractivity contribution in [2.24, 2.45) is 17.3 Å². The molecule has 1 aliphatic rings. The first-order valence-corrected chi connectivity index (χ1v) is 7.61. The van der Waals surface area contributed by atoms with Crippen molar-refractivity contribution < 1.29 is 27.1 Å². The molecule has 0 N–H and O–H groups in total. The van der Waals surface area contributed by atoms with E-state index in [1.165, 1.54) is 6.07 Å². The summed E-state index contributed by atoms with van der Waals surface area (Å²) in [4.78, 5) is 12.7. The molecule has 0 amide bonds. The molecule has 1 aliphatic carbocycles. The Labute approximate surface area is 132 Å². The molecule has 128 valence electrons. The SMILES string of the molecule is CC1CCCC(C)(C)[C@H]1C(=O)c1ccc(OC(F)(F)F)c(F)c1. The van der Waals surface area contributed by atoms with E-state index in [1.54, 1.807) is 0 Å². The second kappa shape index (κ2) is 6.13. The Morgan fingerprint density at radius 2 is 1.96 bits per heavy atom. The van der Waals surface area contributed by atoms with E-state index in [-0.39, 0.29) is 28.6 Å². The first-order valence-electron chi connectivity index (χ1n) is 7.61. The van der Waals surface area contributed by atoms with Gasteiger partial charge in [0, 0.05) is 11.5 Å². The van der Waals surface area contributed by atoms with Crippen molar-refractivity contribution in [2.75, 3.05) is 0 Å². The van der Waals surface area contributed by atoms with Gasteiger partial charge in [-0.05, 0) is 42.4 Å². The van der Waals surface area contributed by atoms with Gasteiger partial charge in [-0.2, -0.15) is 0 Å². The minimum Gasteiger partial charge on any atom is -0.403 e. The number of Topliss-reactive ketones (excluding diaryl/α,β-unsaturated/α-hetero) is 1. The lowest BCUT2D eigenvalue weighted by atomic mass is 9.62. The molecular weight excluding hydrogens is 312 g/mol. The molecule has 0 aromatic heterocycles. The molecule has 6 heteroatoms. The van der Waals surface area contributed by atoms with Crippen LogP contribution in [-0.4, -0.2) is 12.1 Å². The summed E-state index contributed by atoms with van der Waals surface area (Å²) in [5, 5.41) is 0. The quantitative estimate of drug-likeness (QED) is 0.549. The standard InChI is InChI=1S/C17H20F4O2/c1-10-5-4-8-16(2,3)14(10)15(22)11-6-7-13(12(18)9-11)23-17(19,20)21/h6-7,9-10,14H,4-5,8H2,1-3H3/t10?,14-/m1/s1. The lowest BCUT2D eigenvalue weighted by molar-refractivity contribution is -0.275. The zero-order chi connectivity index (χ0) is 17.4. The number of carbonyl (C=O) groups excluding carboxylic acids is 1. The molecule has 0 spiro atoms. The molecule has 1 aromatic rings. The summed E-state index contributed by atoms with van der Waals surface area (Å²) in [6, 6.07) is 2.89. The van der Waals surface area contributed by atoms with Crippen LogP contribution in [0.25, 0.3) is 0 Å². The van der Waals surface area contributed by atoms with Gasteiger partial charge >= 0.3 is 6.36 Å². The third kappa shape index (κ3) is 4.03. The summed E-state index contributed by atoms with van der Waals surface area (Å²) in [5.41, 5.74) is -0.129. The molecule has 0 radical (unpaired) electrons. The number of halogens is 4. The molecule has 0 bridgehead atoms. The highest BCUT2D eigenvalue weighted by molar-refractivity contribution is 5.98. The second-order valence-electron chi connectivity index (χ2n) is 6.89. The molecule has 23 heavy (non-hydrogen) atoms. The smallest absolute Gasteiger partial charge is 0.403 e. The van der Waals surface area contributed by atoms with Gasteiger partial charge in [0.15, 0.2) is 17.3 Å². The van der Waals surface area contributed by atoms with Gasteiger partial charge in [0.1, 0.15) is 0 Å². The molecule has 1 aromatic carbocycles. The highest BCUT2D eigenvalue weighted by Crippen LogP contribution is 2.45. The number of benzene rings is 1. The Balaban J connectivity index is 2.28. The van der Waals surface area contributed by atoms with Gasteiger partial charge in [0.05, 0.1) is 0 Å². The van der Waals surface area contributed by atoms with Crippen molar-refractivity contribution in [1.29, 1.82) is 0 Å². The first-order chi connectivity index (χ1) is 10.5. The molecule has 1 unspecified atom stereocenters. The monoisotopic (exact) mass is 332 g/mol. The van der Waals surface area contributed by atoms with E-state index in [1.807, 2.05) is 20.8 Å². The van der Waals surface area contributed by atoms with Gasteiger partial charge in [0.2, 0.25) is 0 Å². The Hall–Kier alpha value is -1.59. The fourth-order valence-corrected chi connectivity index (χ4v) is 3.63. The van der Waals surface area contributed by atoms with Crippen LogP contribution in [0.4, 0.5) is 17.6 Å². The van der Waals surface area contributed by atoms with Gasteiger partial charge < -0.3 is 4.74 Å². The summed E-state index contributed by atoms with van der Waals surface area (Å²) in [5.74, 6) is -2.45. The van der Waals surface area contributed by atoms with Gasteiger partial charge in [0.25, 0.3) is 0 Å². The summed E-state index contributed by atoms with van der Waals surface area (Å²) < 4.78 is 53.9. The van der Waals surface area contributed by atoms with Crippen molar-refractivity contribution in [3.63, 3.8) is 0 Å². The van der Waals surface area contributed by atoms with Crippen LogP contribution in [0.3, 0.4) is 0 Å². The summed E-state index contributed by atoms with van der Waals surface area (Å²) >= 11 is 0. The van der Waals surface area contributed by atoms with Crippen LogP contribution in [0.15, 0.2) is 18.2 Å². The molecule has 2 nitrogen and oxygen atoms in total. The van der Waals surface area contributed by atoms with E-state index in [9.17, 15) is 22.4 Å². The minimum atomic E-state index is -4.97. The molecule has 0 aliphatic heterocycles. The minimum absolute atomic E-state index is 0.0869. The number of hydrogen-bond donors (Lipinski definition) is 0. The number of ketones is 1. The van der Waals surface area contributed by atoms with Crippen molar-refractivity contribution in [3.05, 3.63) is 29.6 Å². The fraction of sp³-hybridized carbons (Fsp3) is 0.588. The van der Waals surface area contributed by atoms with Crippen LogP contribution in [-0.2, 0) is 0 Å². The van der Waals surface area contributed by atoms with E-state index >= 15 is 0 Å². The molecule has 0 heterocycles. The van der Waals surface area contributed by atoms with Crippen LogP contribution in [0.1, 0.15) is 50.4 Å². The lowest BCUT2D eigenvalue weighted by Gasteiger charge is -2.42. The number of carbonyl (C=O) groups is 1. The molecule has 0 saturated heterocycles. The largest absolute Gasteiger partial charge is 0.573 e. The zero-order valence-corrected chi connectivity index (χ0v) is 13.3. The number of hydrogen-bond acceptors (Lipinski definition) is 2. The molecule has 1 saturated carbocycles. The van der Waals surface area contributed by atoms with E-state index < -0.39 is 17.9 Å². The van der Waals surface area contributed by atoms with Crippen LogP contribution >= 0.6 is 0 Å². The molecule has 2 rings (SSSR count). The summed E-state index contributed by atoms with van der Waals surface area (Å²) in [6.45, 7) is 5.99. The van der Waals surface area contributed by atoms with Crippen molar-refractivity contribution >= 4 is 5.78 Å². The van der Waals surface area contributed by atoms with E-state index in [0.29, 0.717) is 0 Å². The van der Waals surface area contributed by atoms with Gasteiger partial charge in [-0.25, -0.2) is 4.39 Å². The third-order valence-electron chi connectivity index (χ3n) is 4.62. The normalized spacial score (nSPS) is 24.3. The molecular formula is C17H20F4O2. The highest BCUT2D eigenvalue weighted by atomic mass is 19.4. The summed E-state index contributed by atoms with van der Waals surface area (Å²) in [7, 11) is 0. The maximum Gasteiger partial charge on any atom is 0.573 e. The van der Waals surface area contributed by atoms with Gasteiger partial charge in [-0.1, -0.05) is 27.2 Å². The molecule has 1 fully saturated rings. The van der Waals surface area contributed by atoms with Gasteiger partial charge in [-0.3, -0.25) is 4.79 Å². The van der Waals surface area contributed by atoms with Crippen molar-refractivity contribution in [1.82, 2.24) is 0 Å². The Morgan fingerprint density at radius 3 is 2.48 bits per heavy atom. The highest BCUT2D eigenvalue weighted by Gasteiger charge is 2.42. The average molecular weight is 332 g/mol. The second-order valence-corrected chi connectivity index (χ2v) is 6.89. The van der Waals surface area contributed by atoms with Gasteiger partial charge in [-0.15, -0.1) is 13.2 Å². The van der Waals surface area contributed by atoms with Crippen LogP contribution < -0.4 is 4.74 Å². The Kier molecular flexibility index (Phi) is 4.74. The summed E-state index contributed by atoms with van der Waals surface area (Å²) in [6.07, 6.45) is -2.13. The number of alkyl halides is 3. The molecule has 2 atom stereocenters. The number of ether oxygens (including phenoxy) is 1. The van der Waals surface area contributed by atoms with Crippen molar-refractivity contribution in [2.45, 2.75) is 46.4 Å². The van der Waals surface area contributed by atoms with E-state index in [4.69, 9.17) is 0 Å². The third-order valence-corrected chi connectivity index (χ3v) is 4.62. The number of rotatable bonds is 3. The zero-order valence-electron chi connectivity index (χ0n) is 13.3. The maximum atomic E-state index is 13.8. The van der Waals surface area contributed by atoms with E-state index in [2.05, 4.69) is 4.74 Å². The fourth-order valence-electron chi connectivity index (χ4n) is 3.63. The predicted molar refractivity (Wildman–Crippen MR) is 77.7 cm³/mol. The van der Waals surface area contributed by atoms with Crippen molar-refractivity contribution in [3.8, 4) is 5.75 Å². The average Bonchev–Trinajstić information content (AvgIpc) is 2.38. The van der Waals surface area contributed by atoms with Crippen LogP contribution in [0.2, 0.25) is 0 Å². The van der Waals surface area contributed by atoms with Crippen LogP contribution in [0.5, 0.6) is 5.75 Å². The van der Waals surface area contributed by atoms with Crippen LogP contribution in [0, 0.1) is 23.1 Å². The lowest BCUT2D eigenvalue weighted by Crippen LogP contribution is -2.39. The predicted octanol–water partition coefficient (Wildman–Crippen LogP) is 5.37.